The average Bonchev–Trinajstić information content (AvgIpc) is 3.60. The van der Waals surface area contributed by atoms with Crippen LogP contribution in [0, 0.1) is 12.8 Å². The van der Waals surface area contributed by atoms with E-state index >= 15 is 0 Å². The number of aliphatic hydroxyl groups excluding tert-OH is 2. The van der Waals surface area contributed by atoms with E-state index in [2.05, 4.69) is 15.6 Å². The zero-order valence-electron chi connectivity index (χ0n) is 20.1. The van der Waals surface area contributed by atoms with Gasteiger partial charge in [0.2, 0.25) is 12.7 Å². The van der Waals surface area contributed by atoms with Crippen molar-refractivity contribution in [3.63, 3.8) is 0 Å². The van der Waals surface area contributed by atoms with Crippen LogP contribution in [0.3, 0.4) is 0 Å². The molecule has 1 aliphatic heterocycles. The first-order chi connectivity index (χ1) is 17.9. The van der Waals surface area contributed by atoms with Gasteiger partial charge in [-0.2, -0.15) is 4.98 Å². The third kappa shape index (κ3) is 4.44. The van der Waals surface area contributed by atoms with Crippen molar-refractivity contribution in [3.05, 3.63) is 53.7 Å². The van der Waals surface area contributed by atoms with Gasteiger partial charge in [0.25, 0.3) is 0 Å². The predicted molar refractivity (Wildman–Crippen MR) is 140 cm³/mol. The number of hydrogen-bond acceptors (Lipinski definition) is 11. The molecular formula is C26H27N5O5S. The third-order valence-corrected chi connectivity index (χ3v) is 7.94. The average molecular weight is 522 g/mol. The molecule has 192 valence electrons. The molecule has 1 saturated carbocycles. The van der Waals surface area contributed by atoms with Crippen molar-refractivity contribution in [1.29, 1.82) is 0 Å². The molecule has 0 amide bonds. The number of aryl methyl sites for hydroxylation is 1. The summed E-state index contributed by atoms with van der Waals surface area (Å²) < 4.78 is 11.9. The predicted octanol–water partition coefficient (Wildman–Crippen LogP) is 3.27. The monoisotopic (exact) mass is 521 g/mol. The molecule has 4 aromatic rings. The van der Waals surface area contributed by atoms with E-state index in [1.807, 2.05) is 49.4 Å². The molecule has 10 nitrogen and oxygen atoms in total. The molecule has 2 aromatic heterocycles. The summed E-state index contributed by atoms with van der Waals surface area (Å²) in [6.45, 7) is 2.31. The molecule has 11 heteroatoms. The second kappa shape index (κ2) is 9.42. The minimum absolute atomic E-state index is 0.207. The molecule has 0 saturated heterocycles. The molecule has 3 atom stereocenters. The Morgan fingerprint density at radius 2 is 1.95 bits per heavy atom. The number of benzene rings is 2. The molecule has 37 heavy (non-hydrogen) atoms. The first kappa shape index (κ1) is 23.9. The van der Waals surface area contributed by atoms with Gasteiger partial charge >= 0.3 is 0 Å². The van der Waals surface area contributed by atoms with Gasteiger partial charge in [0.1, 0.15) is 16.9 Å². The Morgan fingerprint density at radius 3 is 2.76 bits per heavy atom. The normalized spacial score (nSPS) is 22.5. The fourth-order valence-electron chi connectivity index (χ4n) is 4.84. The highest BCUT2D eigenvalue weighted by molar-refractivity contribution is 7.21. The van der Waals surface area contributed by atoms with Gasteiger partial charge in [-0.15, -0.1) is 11.3 Å². The van der Waals surface area contributed by atoms with Crippen LogP contribution in [0.2, 0.25) is 0 Å². The van der Waals surface area contributed by atoms with Gasteiger partial charge in [0, 0.05) is 19.1 Å². The summed E-state index contributed by atoms with van der Waals surface area (Å²) in [5.41, 5.74) is 1.50. The first-order valence-corrected chi connectivity index (χ1v) is 12.9. The number of ether oxygens (including phenoxy) is 2. The molecule has 0 spiro atoms. The van der Waals surface area contributed by atoms with Crippen LogP contribution in [0.1, 0.15) is 24.1 Å². The van der Waals surface area contributed by atoms with E-state index in [0.29, 0.717) is 52.5 Å². The molecule has 2 aromatic carbocycles. The van der Waals surface area contributed by atoms with E-state index in [0.717, 1.165) is 15.8 Å². The summed E-state index contributed by atoms with van der Waals surface area (Å²) in [6, 6.07) is 13.6. The van der Waals surface area contributed by atoms with Gasteiger partial charge < -0.3 is 35.4 Å². The fraction of sp³-hybridized carbons (Fsp3) is 0.346. The summed E-state index contributed by atoms with van der Waals surface area (Å²) in [7, 11) is 0. The van der Waals surface area contributed by atoms with E-state index < -0.39 is 17.7 Å². The van der Waals surface area contributed by atoms with E-state index in [1.54, 1.807) is 0 Å². The molecule has 0 unspecified atom stereocenters. The maximum atomic E-state index is 11.3. The van der Waals surface area contributed by atoms with E-state index in [4.69, 9.17) is 19.4 Å². The van der Waals surface area contributed by atoms with Crippen LogP contribution >= 0.6 is 11.3 Å². The molecule has 5 N–H and O–H groups in total. The van der Waals surface area contributed by atoms with Crippen LogP contribution in [0.25, 0.3) is 20.8 Å². The number of nitrogens with one attached hydrogen (secondary N) is 2. The number of fused-ring (bicyclic) bond motifs is 2. The molecule has 1 aliphatic carbocycles. The van der Waals surface area contributed by atoms with Crippen LogP contribution < -0.4 is 20.1 Å². The minimum atomic E-state index is -1.64. The Labute approximate surface area is 217 Å². The van der Waals surface area contributed by atoms with E-state index in [1.165, 1.54) is 11.3 Å². The maximum absolute atomic E-state index is 11.3. The highest BCUT2D eigenvalue weighted by Gasteiger charge is 2.47. The van der Waals surface area contributed by atoms with Crippen molar-refractivity contribution in [2.75, 3.05) is 24.0 Å². The van der Waals surface area contributed by atoms with Gasteiger partial charge in [0.15, 0.2) is 17.2 Å². The maximum Gasteiger partial charge on any atom is 0.231 e. The lowest BCUT2D eigenvalue weighted by Crippen LogP contribution is -2.48. The lowest BCUT2D eigenvalue weighted by atomic mass is 10.0. The molecule has 6 rings (SSSR count). The van der Waals surface area contributed by atoms with Gasteiger partial charge in [0.05, 0.1) is 21.5 Å². The number of hydrogen-bond donors (Lipinski definition) is 5. The van der Waals surface area contributed by atoms with Crippen LogP contribution in [0.5, 0.6) is 11.5 Å². The molecule has 2 aliphatic rings. The first-order valence-electron chi connectivity index (χ1n) is 12.1. The zero-order chi connectivity index (χ0) is 25.6. The van der Waals surface area contributed by atoms with Gasteiger partial charge in [-0.05, 0) is 49.6 Å². The minimum Gasteiger partial charge on any atom is -0.454 e. The summed E-state index contributed by atoms with van der Waals surface area (Å²) in [6.07, 6.45) is -0.403. The van der Waals surface area contributed by atoms with Crippen molar-refractivity contribution < 1.29 is 24.8 Å². The second-order valence-electron chi connectivity index (χ2n) is 9.36. The summed E-state index contributed by atoms with van der Waals surface area (Å²) in [5.74, 6) is 1.71. The fourth-order valence-corrected chi connectivity index (χ4v) is 5.91. The highest BCUT2D eigenvalue weighted by Crippen LogP contribution is 2.41. The van der Waals surface area contributed by atoms with Crippen molar-refractivity contribution in [1.82, 2.24) is 15.0 Å². The van der Waals surface area contributed by atoms with Crippen molar-refractivity contribution >= 4 is 33.3 Å². The number of anilines is 2. The lowest BCUT2D eigenvalue weighted by molar-refractivity contribution is -0.0545. The van der Waals surface area contributed by atoms with Crippen LogP contribution in [-0.2, 0) is 6.54 Å². The number of rotatable bonds is 7. The Balaban J connectivity index is 1.35. The Kier molecular flexibility index (Phi) is 6.07. The summed E-state index contributed by atoms with van der Waals surface area (Å²) >= 11 is 1.51. The lowest BCUT2D eigenvalue weighted by Gasteiger charge is -2.31. The summed E-state index contributed by atoms with van der Waals surface area (Å²) in [4.78, 5) is 14.2. The highest BCUT2D eigenvalue weighted by atomic mass is 32.1. The van der Waals surface area contributed by atoms with Crippen LogP contribution in [0.15, 0.2) is 42.5 Å². The number of aromatic nitrogens is 3. The number of aliphatic hydroxyl groups is 3. The molecular weight excluding hydrogens is 494 g/mol. The van der Waals surface area contributed by atoms with E-state index in [9.17, 15) is 15.3 Å². The molecule has 1 fully saturated rings. The summed E-state index contributed by atoms with van der Waals surface area (Å²) in [5, 5.41) is 38.7. The SMILES string of the molecule is Cc1nc(NCc2ccc3c(c2)OCO3)nc(N[C@@]2(O)CC[C@H](CO)[C@H]2O)c1-c1nc2ccccc2s1. The number of thiazole rings is 1. The largest absolute Gasteiger partial charge is 0.454 e. The topological polar surface area (TPSA) is 142 Å². The number of para-hydroxylation sites is 1. The van der Waals surface area contributed by atoms with Gasteiger partial charge in [-0.1, -0.05) is 18.2 Å². The quantitative estimate of drug-likeness (QED) is 0.230. The smallest absolute Gasteiger partial charge is 0.231 e. The third-order valence-electron chi connectivity index (χ3n) is 6.89. The Bertz CT molecular complexity index is 1430. The molecule has 0 bridgehead atoms. The standard InChI is InChI=1S/C26H27N5O5S/c1-14-21(24-29-17-4-2-3-5-20(17)37-24)23(31-26(34)9-8-16(12-32)22(26)33)30-25(28-14)27-11-15-6-7-18-19(10-15)36-13-35-18/h2-7,10,16,22,32-34H,8-9,11-13H2,1H3,(H2,27,28,30,31)/t16-,22-,26-/m1/s1. The van der Waals surface area contributed by atoms with Crippen molar-refractivity contribution in [2.24, 2.45) is 5.92 Å². The van der Waals surface area contributed by atoms with Gasteiger partial charge in [-0.3, -0.25) is 0 Å². The van der Waals surface area contributed by atoms with Crippen LogP contribution in [0.4, 0.5) is 11.8 Å². The Morgan fingerprint density at radius 1 is 1.11 bits per heavy atom. The molecule has 3 heterocycles. The van der Waals surface area contributed by atoms with Crippen molar-refractivity contribution in [2.45, 2.75) is 38.1 Å². The van der Waals surface area contributed by atoms with Crippen molar-refractivity contribution in [3.8, 4) is 22.1 Å². The molecule has 0 radical (unpaired) electrons. The van der Waals surface area contributed by atoms with Crippen LogP contribution in [-0.4, -0.2) is 55.5 Å². The van der Waals surface area contributed by atoms with E-state index in [-0.39, 0.29) is 19.8 Å². The number of nitrogens with zero attached hydrogens (tertiary/aromatic N) is 3. The zero-order valence-corrected chi connectivity index (χ0v) is 21.0. The second-order valence-corrected chi connectivity index (χ2v) is 10.4. The van der Waals surface area contributed by atoms with Gasteiger partial charge in [-0.25, -0.2) is 9.97 Å². The Hall–Kier alpha value is -3.51.